The molecule has 1 nitrogen and oxygen atoms in total. The van der Waals surface area contributed by atoms with E-state index in [1.807, 2.05) is 13.8 Å². The van der Waals surface area contributed by atoms with Gasteiger partial charge in [-0.15, -0.1) is 0 Å². The van der Waals surface area contributed by atoms with Crippen molar-refractivity contribution in [2.24, 2.45) is 0 Å². The molecule has 0 saturated carbocycles. The molecule has 1 heteroatoms. The van der Waals surface area contributed by atoms with Crippen LogP contribution < -0.4 is 0 Å². The molecule has 0 unspecified atom stereocenters. The van der Waals surface area contributed by atoms with Crippen LogP contribution in [0.3, 0.4) is 0 Å². The number of allylic oxidation sites excluding steroid dienone is 4. The van der Waals surface area contributed by atoms with E-state index in [2.05, 4.69) is 19.9 Å². The fraction of sp³-hybridized carbons (Fsp3) is 0.583. The fourth-order valence-corrected chi connectivity index (χ4v) is 1.04. The third-order valence-corrected chi connectivity index (χ3v) is 1.85. The Kier molecular flexibility index (Phi) is 6.21. The number of hydrogen-bond acceptors (Lipinski definition) is 1. The highest BCUT2D eigenvalue weighted by atomic mass is 16.1. The molecule has 0 aliphatic heterocycles. The van der Waals surface area contributed by atoms with E-state index < -0.39 is 0 Å². The molecule has 0 bridgehead atoms. The van der Waals surface area contributed by atoms with Crippen LogP contribution in [0.4, 0.5) is 0 Å². The third kappa shape index (κ3) is 7.51. The van der Waals surface area contributed by atoms with Crippen LogP contribution >= 0.6 is 0 Å². The molecular weight excluding hydrogens is 160 g/mol. The first-order chi connectivity index (χ1) is 6.06. The lowest BCUT2D eigenvalue weighted by molar-refractivity contribution is -0.114. The molecular formula is C12H20O. The number of rotatable bonds is 5. The first kappa shape index (κ1) is 12.2. The topological polar surface area (TPSA) is 17.1 Å². The summed E-state index contributed by atoms with van der Waals surface area (Å²) in [6.45, 7) is 8.10. The van der Waals surface area contributed by atoms with E-state index in [0.717, 1.165) is 12.8 Å². The van der Waals surface area contributed by atoms with Crippen molar-refractivity contribution in [1.82, 2.24) is 0 Å². The Hall–Kier alpha value is -0.850. The van der Waals surface area contributed by atoms with E-state index in [9.17, 15) is 4.79 Å². The Bertz CT molecular complexity index is 217. The predicted molar refractivity (Wildman–Crippen MR) is 57.7 cm³/mol. The van der Waals surface area contributed by atoms with Crippen LogP contribution in [0.1, 0.15) is 47.0 Å². The molecule has 0 saturated heterocycles. The predicted octanol–water partition coefficient (Wildman–Crippen LogP) is 3.66. The zero-order valence-electron chi connectivity index (χ0n) is 9.18. The maximum absolute atomic E-state index is 11.0. The van der Waals surface area contributed by atoms with Gasteiger partial charge >= 0.3 is 0 Å². The van der Waals surface area contributed by atoms with Crippen LogP contribution in [-0.4, -0.2) is 5.78 Å². The summed E-state index contributed by atoms with van der Waals surface area (Å²) in [7, 11) is 0. The Balaban J connectivity index is 3.87. The van der Waals surface area contributed by atoms with Crippen LogP contribution in [0.25, 0.3) is 0 Å². The van der Waals surface area contributed by atoms with Gasteiger partial charge in [0.2, 0.25) is 0 Å². The monoisotopic (exact) mass is 180 g/mol. The van der Waals surface area contributed by atoms with Crippen molar-refractivity contribution >= 4 is 5.78 Å². The van der Waals surface area contributed by atoms with Crippen LogP contribution in [0.15, 0.2) is 23.3 Å². The minimum atomic E-state index is 0.231. The molecule has 0 N–H and O–H groups in total. The Morgan fingerprint density at radius 1 is 1.23 bits per heavy atom. The SMILES string of the molecule is CCC(=O)/C=C(\C)CCC=C(C)C. The third-order valence-electron chi connectivity index (χ3n) is 1.85. The Morgan fingerprint density at radius 2 is 1.85 bits per heavy atom. The van der Waals surface area contributed by atoms with Gasteiger partial charge in [0.15, 0.2) is 5.78 Å². The van der Waals surface area contributed by atoms with Gasteiger partial charge in [0.05, 0.1) is 0 Å². The molecule has 74 valence electrons. The summed E-state index contributed by atoms with van der Waals surface area (Å²) in [6.07, 6.45) is 6.62. The first-order valence-corrected chi connectivity index (χ1v) is 4.89. The van der Waals surface area contributed by atoms with Gasteiger partial charge in [0.1, 0.15) is 0 Å². The molecule has 0 fully saturated rings. The number of carbonyl (C=O) groups is 1. The van der Waals surface area contributed by atoms with Crippen molar-refractivity contribution in [2.45, 2.75) is 47.0 Å². The van der Waals surface area contributed by atoms with Crippen molar-refractivity contribution in [1.29, 1.82) is 0 Å². The van der Waals surface area contributed by atoms with Gasteiger partial charge in [-0.1, -0.05) is 24.1 Å². The highest BCUT2D eigenvalue weighted by Gasteiger charge is 1.94. The van der Waals surface area contributed by atoms with Crippen LogP contribution in [0.5, 0.6) is 0 Å². The largest absolute Gasteiger partial charge is 0.295 e. The molecule has 0 aliphatic rings. The average molecular weight is 180 g/mol. The molecule has 0 amide bonds. The van der Waals surface area contributed by atoms with Crippen LogP contribution in [0.2, 0.25) is 0 Å². The van der Waals surface area contributed by atoms with Crippen molar-refractivity contribution in [2.75, 3.05) is 0 Å². The second-order valence-corrected chi connectivity index (χ2v) is 3.63. The molecule has 0 aromatic carbocycles. The van der Waals surface area contributed by atoms with Crippen molar-refractivity contribution in [3.05, 3.63) is 23.3 Å². The first-order valence-electron chi connectivity index (χ1n) is 4.89. The van der Waals surface area contributed by atoms with Gasteiger partial charge in [0, 0.05) is 6.42 Å². The lowest BCUT2D eigenvalue weighted by atomic mass is 10.1. The van der Waals surface area contributed by atoms with Gasteiger partial charge in [-0.05, 0) is 39.7 Å². The van der Waals surface area contributed by atoms with Crippen molar-refractivity contribution in [3.63, 3.8) is 0 Å². The maximum Gasteiger partial charge on any atom is 0.155 e. The van der Waals surface area contributed by atoms with E-state index in [1.54, 1.807) is 6.08 Å². The second-order valence-electron chi connectivity index (χ2n) is 3.63. The number of ketones is 1. The highest BCUT2D eigenvalue weighted by molar-refractivity contribution is 5.89. The zero-order valence-corrected chi connectivity index (χ0v) is 9.18. The normalized spacial score (nSPS) is 11.2. The quantitative estimate of drug-likeness (QED) is 0.466. The van der Waals surface area contributed by atoms with E-state index in [1.165, 1.54) is 11.1 Å². The molecule has 0 heterocycles. The minimum Gasteiger partial charge on any atom is -0.295 e. The van der Waals surface area contributed by atoms with E-state index in [-0.39, 0.29) is 5.78 Å². The molecule has 0 aromatic rings. The summed E-state index contributed by atoms with van der Waals surface area (Å²) in [5.74, 6) is 0.231. The summed E-state index contributed by atoms with van der Waals surface area (Å²) in [4.78, 5) is 11.0. The number of carbonyl (C=O) groups excluding carboxylic acids is 1. The van der Waals surface area contributed by atoms with Gasteiger partial charge in [-0.2, -0.15) is 0 Å². The molecule has 0 aliphatic carbocycles. The maximum atomic E-state index is 11.0. The van der Waals surface area contributed by atoms with Crippen LogP contribution in [-0.2, 0) is 4.79 Å². The average Bonchev–Trinajstić information content (AvgIpc) is 2.03. The van der Waals surface area contributed by atoms with E-state index in [0.29, 0.717) is 6.42 Å². The summed E-state index contributed by atoms with van der Waals surface area (Å²) in [6, 6.07) is 0. The highest BCUT2D eigenvalue weighted by Crippen LogP contribution is 2.06. The summed E-state index contributed by atoms with van der Waals surface area (Å²) < 4.78 is 0. The Morgan fingerprint density at radius 3 is 2.31 bits per heavy atom. The second kappa shape index (κ2) is 6.64. The molecule has 0 rings (SSSR count). The molecule has 0 radical (unpaired) electrons. The van der Waals surface area contributed by atoms with Gasteiger partial charge < -0.3 is 0 Å². The molecule has 13 heavy (non-hydrogen) atoms. The van der Waals surface area contributed by atoms with E-state index in [4.69, 9.17) is 0 Å². The molecule has 0 spiro atoms. The van der Waals surface area contributed by atoms with Gasteiger partial charge in [0.25, 0.3) is 0 Å². The van der Waals surface area contributed by atoms with Gasteiger partial charge in [-0.3, -0.25) is 4.79 Å². The molecule has 0 aromatic heterocycles. The summed E-state index contributed by atoms with van der Waals surface area (Å²) in [5, 5.41) is 0. The zero-order chi connectivity index (χ0) is 10.3. The summed E-state index contributed by atoms with van der Waals surface area (Å²) in [5.41, 5.74) is 2.53. The lowest BCUT2D eigenvalue weighted by Gasteiger charge is -1.97. The minimum absolute atomic E-state index is 0.231. The molecule has 0 atom stereocenters. The lowest BCUT2D eigenvalue weighted by Crippen LogP contribution is -1.90. The van der Waals surface area contributed by atoms with Crippen molar-refractivity contribution in [3.8, 4) is 0 Å². The van der Waals surface area contributed by atoms with Crippen molar-refractivity contribution < 1.29 is 4.79 Å². The standard InChI is InChI=1S/C12H20O/c1-5-12(13)9-11(4)8-6-7-10(2)3/h7,9H,5-6,8H2,1-4H3/b11-9+. The fourth-order valence-electron chi connectivity index (χ4n) is 1.04. The van der Waals surface area contributed by atoms with E-state index >= 15 is 0 Å². The van der Waals surface area contributed by atoms with Gasteiger partial charge in [-0.25, -0.2) is 0 Å². The number of hydrogen-bond donors (Lipinski definition) is 0. The van der Waals surface area contributed by atoms with Crippen LogP contribution in [0, 0.1) is 0 Å². The smallest absolute Gasteiger partial charge is 0.155 e. The summed E-state index contributed by atoms with van der Waals surface area (Å²) >= 11 is 0. The Labute approximate surface area is 81.5 Å².